The van der Waals surface area contributed by atoms with E-state index in [1.54, 1.807) is 7.11 Å². The molecular weight excluding hydrogens is 515 g/mol. The highest BCUT2D eigenvalue weighted by molar-refractivity contribution is 14.0. The van der Waals surface area contributed by atoms with Gasteiger partial charge in [0, 0.05) is 13.6 Å². The van der Waals surface area contributed by atoms with Crippen LogP contribution in [0.2, 0.25) is 0 Å². The Morgan fingerprint density at radius 3 is 2.41 bits per heavy atom. The lowest BCUT2D eigenvalue weighted by Crippen LogP contribution is -2.38. The standard InChI is InChI=1S/C24H32N6O.HI/c1-18(21-10-12-22(31-4)13-11-21)14-15-25-24(26-16-20-8-6-5-7-9-20)27-17-23-29-28-19(2)30(23)3;/h5-13,18H,14-17H2,1-4H3,(H2,25,26,27);1H. The van der Waals surface area contributed by atoms with Gasteiger partial charge in [0.25, 0.3) is 0 Å². The predicted octanol–water partition coefficient (Wildman–Crippen LogP) is 4.18. The van der Waals surface area contributed by atoms with Crippen molar-refractivity contribution in [3.8, 4) is 5.75 Å². The lowest BCUT2D eigenvalue weighted by atomic mass is 9.98. The lowest BCUT2D eigenvalue weighted by Gasteiger charge is -2.16. The zero-order valence-corrected chi connectivity index (χ0v) is 21.5. The Morgan fingerprint density at radius 1 is 1.06 bits per heavy atom. The van der Waals surface area contributed by atoms with Gasteiger partial charge in [0.1, 0.15) is 11.6 Å². The fourth-order valence-electron chi connectivity index (χ4n) is 3.20. The van der Waals surface area contributed by atoms with E-state index in [-0.39, 0.29) is 24.0 Å². The van der Waals surface area contributed by atoms with E-state index in [0.29, 0.717) is 19.0 Å². The molecule has 0 amide bonds. The number of methoxy groups -OCH3 is 1. The second-order valence-electron chi connectivity index (χ2n) is 7.62. The molecule has 1 aromatic heterocycles. The van der Waals surface area contributed by atoms with Crippen LogP contribution in [0, 0.1) is 6.92 Å². The molecule has 0 bridgehead atoms. The number of guanidine groups is 1. The van der Waals surface area contributed by atoms with Gasteiger partial charge in [0.15, 0.2) is 11.8 Å². The van der Waals surface area contributed by atoms with E-state index in [4.69, 9.17) is 9.73 Å². The Hall–Kier alpha value is -2.62. The molecule has 2 N–H and O–H groups in total. The summed E-state index contributed by atoms with van der Waals surface area (Å²) in [5.41, 5.74) is 2.47. The third-order valence-corrected chi connectivity index (χ3v) is 5.41. The summed E-state index contributed by atoms with van der Waals surface area (Å²) in [6, 6.07) is 18.5. The number of benzene rings is 2. The Kier molecular flexibility index (Phi) is 10.5. The molecule has 0 saturated heterocycles. The maximum atomic E-state index is 5.25. The Morgan fingerprint density at radius 2 is 1.78 bits per heavy atom. The quantitative estimate of drug-likeness (QED) is 0.239. The minimum absolute atomic E-state index is 0. The van der Waals surface area contributed by atoms with Crippen molar-refractivity contribution in [2.45, 2.75) is 39.3 Å². The van der Waals surface area contributed by atoms with Crippen molar-refractivity contribution in [1.82, 2.24) is 25.4 Å². The van der Waals surface area contributed by atoms with Gasteiger partial charge in [-0.15, -0.1) is 34.2 Å². The van der Waals surface area contributed by atoms with Crippen LogP contribution in [0.3, 0.4) is 0 Å². The van der Waals surface area contributed by atoms with E-state index >= 15 is 0 Å². The van der Waals surface area contributed by atoms with Gasteiger partial charge < -0.3 is 19.9 Å². The number of aryl methyl sites for hydroxylation is 1. The minimum atomic E-state index is 0. The summed E-state index contributed by atoms with van der Waals surface area (Å²) in [6.07, 6.45) is 0.988. The first-order chi connectivity index (χ1) is 15.1. The monoisotopic (exact) mass is 548 g/mol. The number of nitrogens with zero attached hydrogens (tertiary/aromatic N) is 4. The molecule has 1 unspecified atom stereocenters. The summed E-state index contributed by atoms with van der Waals surface area (Å²) in [7, 11) is 3.66. The average Bonchev–Trinajstić information content (AvgIpc) is 3.13. The number of nitrogens with one attached hydrogen (secondary N) is 2. The molecule has 0 saturated carbocycles. The SMILES string of the molecule is COc1ccc(C(C)CCNC(=NCc2ccccc2)NCc2nnc(C)n2C)cc1.I. The molecule has 7 nitrogen and oxygen atoms in total. The average molecular weight is 548 g/mol. The molecule has 1 atom stereocenters. The second-order valence-corrected chi connectivity index (χ2v) is 7.62. The van der Waals surface area contributed by atoms with Crippen molar-refractivity contribution in [1.29, 1.82) is 0 Å². The zero-order chi connectivity index (χ0) is 22.1. The van der Waals surface area contributed by atoms with Gasteiger partial charge >= 0.3 is 0 Å². The topological polar surface area (TPSA) is 76.4 Å². The summed E-state index contributed by atoms with van der Waals surface area (Å²) in [6.45, 7) is 6.17. The Bertz CT molecular complexity index is 972. The third-order valence-electron chi connectivity index (χ3n) is 5.41. The number of halogens is 1. The molecule has 172 valence electrons. The van der Waals surface area contributed by atoms with Crippen LogP contribution in [-0.2, 0) is 20.1 Å². The predicted molar refractivity (Wildman–Crippen MR) is 140 cm³/mol. The maximum absolute atomic E-state index is 5.25. The molecule has 0 aliphatic carbocycles. The van der Waals surface area contributed by atoms with Crippen molar-refractivity contribution in [3.63, 3.8) is 0 Å². The molecule has 2 aromatic carbocycles. The first-order valence-corrected chi connectivity index (χ1v) is 10.6. The van der Waals surface area contributed by atoms with Crippen molar-refractivity contribution in [3.05, 3.63) is 77.4 Å². The molecule has 0 spiro atoms. The van der Waals surface area contributed by atoms with E-state index in [0.717, 1.165) is 36.3 Å². The van der Waals surface area contributed by atoms with Crippen molar-refractivity contribution in [2.24, 2.45) is 12.0 Å². The lowest BCUT2D eigenvalue weighted by molar-refractivity contribution is 0.414. The van der Waals surface area contributed by atoms with Crippen LogP contribution in [0.4, 0.5) is 0 Å². The van der Waals surface area contributed by atoms with Crippen LogP contribution in [0.1, 0.15) is 42.0 Å². The van der Waals surface area contributed by atoms with Crippen LogP contribution in [0.15, 0.2) is 59.6 Å². The number of aromatic nitrogens is 3. The van der Waals surface area contributed by atoms with Gasteiger partial charge in [-0.2, -0.15) is 0 Å². The van der Waals surface area contributed by atoms with Crippen molar-refractivity contribution >= 4 is 29.9 Å². The van der Waals surface area contributed by atoms with Gasteiger partial charge in [-0.25, -0.2) is 4.99 Å². The van der Waals surface area contributed by atoms with Crippen LogP contribution in [0.25, 0.3) is 0 Å². The van der Waals surface area contributed by atoms with E-state index in [1.807, 2.05) is 48.9 Å². The maximum Gasteiger partial charge on any atom is 0.191 e. The fraction of sp³-hybridized carbons (Fsp3) is 0.375. The Labute approximate surface area is 207 Å². The zero-order valence-electron chi connectivity index (χ0n) is 19.2. The van der Waals surface area contributed by atoms with Crippen LogP contribution in [-0.4, -0.2) is 34.4 Å². The Balaban J connectivity index is 0.00000363. The van der Waals surface area contributed by atoms with Crippen LogP contribution >= 0.6 is 24.0 Å². The number of hydrogen-bond acceptors (Lipinski definition) is 4. The molecule has 1 heterocycles. The molecule has 3 aromatic rings. The molecular formula is C24H33IN6O. The number of ether oxygens (including phenoxy) is 1. The highest BCUT2D eigenvalue weighted by atomic mass is 127. The molecule has 8 heteroatoms. The molecule has 0 aliphatic rings. The van der Waals surface area contributed by atoms with Gasteiger partial charge in [-0.05, 0) is 42.5 Å². The number of aliphatic imine (C=N–C) groups is 1. The van der Waals surface area contributed by atoms with Gasteiger partial charge in [-0.1, -0.05) is 49.4 Å². The largest absolute Gasteiger partial charge is 0.497 e. The molecule has 0 fully saturated rings. The third kappa shape index (κ3) is 7.51. The van der Waals surface area contributed by atoms with E-state index in [9.17, 15) is 0 Å². The summed E-state index contributed by atoms with van der Waals surface area (Å²) >= 11 is 0. The normalized spacial score (nSPS) is 12.1. The summed E-state index contributed by atoms with van der Waals surface area (Å²) in [5, 5.41) is 15.2. The van der Waals surface area contributed by atoms with Gasteiger partial charge in [-0.3, -0.25) is 0 Å². The molecule has 0 radical (unpaired) electrons. The van der Waals surface area contributed by atoms with E-state index in [1.165, 1.54) is 11.1 Å². The van der Waals surface area contributed by atoms with Gasteiger partial charge in [0.05, 0.1) is 20.2 Å². The first-order valence-electron chi connectivity index (χ1n) is 10.6. The molecule has 0 aliphatic heterocycles. The summed E-state index contributed by atoms with van der Waals surface area (Å²) in [4.78, 5) is 4.76. The van der Waals surface area contributed by atoms with Crippen molar-refractivity contribution < 1.29 is 4.74 Å². The smallest absolute Gasteiger partial charge is 0.191 e. The fourth-order valence-corrected chi connectivity index (χ4v) is 3.20. The van der Waals surface area contributed by atoms with E-state index in [2.05, 4.69) is 52.0 Å². The van der Waals surface area contributed by atoms with E-state index < -0.39 is 0 Å². The minimum Gasteiger partial charge on any atom is -0.497 e. The molecule has 32 heavy (non-hydrogen) atoms. The second kappa shape index (κ2) is 13.0. The summed E-state index contributed by atoms with van der Waals surface area (Å²) < 4.78 is 7.23. The highest BCUT2D eigenvalue weighted by Crippen LogP contribution is 2.21. The number of hydrogen-bond donors (Lipinski definition) is 2. The van der Waals surface area contributed by atoms with Crippen LogP contribution in [0.5, 0.6) is 5.75 Å². The van der Waals surface area contributed by atoms with Crippen molar-refractivity contribution in [2.75, 3.05) is 13.7 Å². The first kappa shape index (κ1) is 25.6. The van der Waals surface area contributed by atoms with Gasteiger partial charge in [0.2, 0.25) is 0 Å². The number of rotatable bonds is 9. The molecule has 3 rings (SSSR count). The van der Waals surface area contributed by atoms with Crippen LogP contribution < -0.4 is 15.4 Å². The highest BCUT2D eigenvalue weighted by Gasteiger charge is 2.09. The summed E-state index contributed by atoms with van der Waals surface area (Å²) in [5.74, 6) is 3.84.